The lowest BCUT2D eigenvalue weighted by atomic mass is 10.3. The number of hydrazone groups is 1. The van der Waals surface area contributed by atoms with Crippen molar-refractivity contribution in [3.63, 3.8) is 0 Å². The molecule has 0 aliphatic carbocycles. The molecule has 76 valence electrons. The van der Waals surface area contributed by atoms with E-state index in [1.54, 1.807) is 15.9 Å². The maximum atomic E-state index is 6.11. The Bertz CT molecular complexity index is 370. The summed E-state index contributed by atoms with van der Waals surface area (Å²) in [7, 11) is 1.85. The van der Waals surface area contributed by atoms with E-state index in [-0.39, 0.29) is 0 Å². The van der Waals surface area contributed by atoms with E-state index in [4.69, 9.17) is 11.6 Å². The van der Waals surface area contributed by atoms with Gasteiger partial charge >= 0.3 is 0 Å². The van der Waals surface area contributed by atoms with Gasteiger partial charge in [-0.3, -0.25) is 9.69 Å². The summed E-state index contributed by atoms with van der Waals surface area (Å²) < 4.78 is 1.71. The molecule has 0 spiro atoms. The summed E-state index contributed by atoms with van der Waals surface area (Å²) in [5.41, 5.74) is 6.26. The molecule has 2 rings (SSSR count). The lowest BCUT2D eigenvalue weighted by Gasteiger charge is -2.10. The van der Waals surface area contributed by atoms with Gasteiger partial charge in [-0.05, 0) is 6.92 Å². The van der Waals surface area contributed by atoms with Gasteiger partial charge in [0.05, 0.1) is 11.8 Å². The van der Waals surface area contributed by atoms with Crippen LogP contribution >= 0.6 is 11.6 Å². The summed E-state index contributed by atoms with van der Waals surface area (Å²) >= 11 is 6.11. The fourth-order valence-corrected chi connectivity index (χ4v) is 1.56. The van der Waals surface area contributed by atoms with Crippen LogP contribution in [0.5, 0.6) is 0 Å². The van der Waals surface area contributed by atoms with Gasteiger partial charge in [-0.15, -0.1) is 10.6 Å². The van der Waals surface area contributed by atoms with Crippen molar-refractivity contribution in [2.75, 3.05) is 7.05 Å². The summed E-state index contributed by atoms with van der Waals surface area (Å²) in [5, 5.41) is 10.5. The van der Waals surface area contributed by atoms with Crippen molar-refractivity contribution in [2.45, 2.75) is 13.5 Å². The molecule has 0 amide bonds. The van der Waals surface area contributed by atoms with Crippen molar-refractivity contribution in [2.24, 2.45) is 5.10 Å². The molecule has 0 radical (unpaired) electrons. The second kappa shape index (κ2) is 3.47. The van der Waals surface area contributed by atoms with Crippen molar-refractivity contribution in [1.29, 1.82) is 0 Å². The Morgan fingerprint density at radius 2 is 2.36 bits per heavy atom. The van der Waals surface area contributed by atoms with E-state index in [1.165, 1.54) is 0 Å². The number of hydrazine groups is 2. The predicted molar refractivity (Wildman–Crippen MR) is 53.5 cm³/mol. The van der Waals surface area contributed by atoms with E-state index in [2.05, 4.69) is 21.3 Å². The molecule has 0 saturated heterocycles. The van der Waals surface area contributed by atoms with Gasteiger partial charge in [0.25, 0.3) is 0 Å². The molecule has 1 aromatic rings. The molecule has 6 nitrogen and oxygen atoms in total. The van der Waals surface area contributed by atoms with E-state index < -0.39 is 0 Å². The molecule has 0 aromatic carbocycles. The SMILES string of the molecule is CCn1ncc(C2=NNNN2C)c1Cl. The Morgan fingerprint density at radius 3 is 2.86 bits per heavy atom. The van der Waals surface area contributed by atoms with Crippen molar-refractivity contribution in [3.05, 3.63) is 16.9 Å². The van der Waals surface area contributed by atoms with E-state index >= 15 is 0 Å². The highest BCUT2D eigenvalue weighted by molar-refractivity contribution is 6.33. The minimum Gasteiger partial charge on any atom is -0.274 e. The van der Waals surface area contributed by atoms with Crippen LogP contribution < -0.4 is 11.1 Å². The number of aryl methyl sites for hydroxylation is 1. The standard InChI is InChI=1S/C7H11ClN6/c1-3-14-6(8)5(4-9-14)7-10-11-12-13(7)2/h4,11-12H,3H2,1-2H3. The number of halogens is 1. The van der Waals surface area contributed by atoms with Crippen LogP contribution in [0.3, 0.4) is 0 Å². The molecule has 14 heavy (non-hydrogen) atoms. The van der Waals surface area contributed by atoms with Crippen LogP contribution in [-0.4, -0.2) is 27.7 Å². The summed E-state index contributed by atoms with van der Waals surface area (Å²) in [6.07, 6.45) is 1.70. The van der Waals surface area contributed by atoms with Crippen LogP contribution in [0.4, 0.5) is 0 Å². The summed E-state index contributed by atoms with van der Waals surface area (Å²) in [5.74, 6) is 0.731. The maximum absolute atomic E-state index is 6.11. The first-order chi connectivity index (χ1) is 6.74. The monoisotopic (exact) mass is 214 g/mol. The smallest absolute Gasteiger partial charge is 0.177 e. The van der Waals surface area contributed by atoms with Gasteiger partial charge in [-0.1, -0.05) is 11.6 Å². The normalized spacial score (nSPS) is 15.6. The second-order valence-corrected chi connectivity index (χ2v) is 3.24. The predicted octanol–water partition coefficient (Wildman–Crippen LogP) is 0.173. The van der Waals surface area contributed by atoms with Crippen molar-refractivity contribution < 1.29 is 0 Å². The van der Waals surface area contributed by atoms with Gasteiger partial charge in [0.1, 0.15) is 5.15 Å². The quantitative estimate of drug-likeness (QED) is 0.737. The first kappa shape index (κ1) is 9.29. The Morgan fingerprint density at radius 1 is 1.57 bits per heavy atom. The van der Waals surface area contributed by atoms with E-state index in [0.717, 1.165) is 17.9 Å². The third-order valence-electron chi connectivity index (χ3n) is 2.01. The molecule has 0 fully saturated rings. The highest BCUT2D eigenvalue weighted by Gasteiger charge is 2.20. The van der Waals surface area contributed by atoms with Crippen molar-refractivity contribution >= 4 is 17.4 Å². The van der Waals surface area contributed by atoms with Gasteiger partial charge in [0.2, 0.25) is 0 Å². The Hall–Kier alpha value is -1.27. The van der Waals surface area contributed by atoms with Gasteiger partial charge in [-0.25, -0.2) is 5.53 Å². The Kier molecular flexibility index (Phi) is 2.30. The molecule has 0 atom stereocenters. The zero-order chi connectivity index (χ0) is 10.1. The van der Waals surface area contributed by atoms with Crippen LogP contribution in [-0.2, 0) is 6.54 Å². The minimum atomic E-state index is 0.601. The molecule has 2 heterocycles. The first-order valence-corrected chi connectivity index (χ1v) is 4.65. The zero-order valence-electron chi connectivity index (χ0n) is 7.95. The molecule has 2 N–H and O–H groups in total. The topological polar surface area (TPSA) is 57.5 Å². The summed E-state index contributed by atoms with van der Waals surface area (Å²) in [6.45, 7) is 2.73. The number of hydrogen-bond acceptors (Lipinski definition) is 5. The minimum absolute atomic E-state index is 0.601. The van der Waals surface area contributed by atoms with E-state index in [9.17, 15) is 0 Å². The maximum Gasteiger partial charge on any atom is 0.177 e. The number of rotatable bonds is 2. The molecular weight excluding hydrogens is 204 g/mol. The van der Waals surface area contributed by atoms with Gasteiger partial charge in [0, 0.05) is 13.6 Å². The van der Waals surface area contributed by atoms with E-state index in [0.29, 0.717) is 5.15 Å². The van der Waals surface area contributed by atoms with Crippen LogP contribution in [0.15, 0.2) is 11.3 Å². The van der Waals surface area contributed by atoms with Crippen LogP contribution in [0.2, 0.25) is 5.15 Å². The number of nitrogens with zero attached hydrogens (tertiary/aromatic N) is 4. The van der Waals surface area contributed by atoms with E-state index in [1.807, 2.05) is 14.0 Å². The molecule has 0 bridgehead atoms. The Balaban J connectivity index is 2.37. The lowest BCUT2D eigenvalue weighted by Crippen LogP contribution is -2.37. The number of hydrogen-bond donors (Lipinski definition) is 2. The average Bonchev–Trinajstić information content (AvgIpc) is 2.72. The molecule has 7 heteroatoms. The fraction of sp³-hybridized carbons (Fsp3) is 0.429. The molecule has 1 aliphatic rings. The summed E-state index contributed by atoms with van der Waals surface area (Å²) in [6, 6.07) is 0. The third-order valence-corrected chi connectivity index (χ3v) is 2.41. The number of aromatic nitrogens is 2. The number of amidine groups is 1. The molecular formula is C7H11ClN6. The fourth-order valence-electron chi connectivity index (χ4n) is 1.26. The third kappa shape index (κ3) is 1.32. The van der Waals surface area contributed by atoms with Gasteiger partial charge in [0.15, 0.2) is 5.84 Å². The summed E-state index contributed by atoms with van der Waals surface area (Å²) in [4.78, 5) is 0. The van der Waals surface area contributed by atoms with Crippen LogP contribution in [0.25, 0.3) is 0 Å². The van der Waals surface area contributed by atoms with Crippen molar-refractivity contribution in [3.8, 4) is 0 Å². The highest BCUT2D eigenvalue weighted by Crippen LogP contribution is 2.17. The van der Waals surface area contributed by atoms with Crippen LogP contribution in [0.1, 0.15) is 12.5 Å². The largest absolute Gasteiger partial charge is 0.274 e. The number of nitrogens with one attached hydrogen (secondary N) is 2. The molecule has 0 saturated carbocycles. The second-order valence-electron chi connectivity index (χ2n) is 2.88. The molecule has 1 aromatic heterocycles. The van der Waals surface area contributed by atoms with Crippen LogP contribution in [0, 0.1) is 0 Å². The average molecular weight is 215 g/mol. The van der Waals surface area contributed by atoms with Gasteiger partial charge < -0.3 is 0 Å². The first-order valence-electron chi connectivity index (χ1n) is 4.27. The zero-order valence-corrected chi connectivity index (χ0v) is 8.71. The molecule has 1 aliphatic heterocycles. The molecule has 0 unspecified atom stereocenters. The van der Waals surface area contributed by atoms with Gasteiger partial charge in [-0.2, -0.15) is 5.10 Å². The highest BCUT2D eigenvalue weighted by atomic mass is 35.5. The van der Waals surface area contributed by atoms with Crippen molar-refractivity contribution in [1.82, 2.24) is 25.9 Å². The Labute approximate surface area is 86.5 Å². The lowest BCUT2D eigenvalue weighted by molar-refractivity contribution is 0.349.